The van der Waals surface area contributed by atoms with Gasteiger partial charge in [-0.3, -0.25) is 4.79 Å². The molecular weight excluding hydrogens is 340 g/mol. The van der Waals surface area contributed by atoms with Crippen molar-refractivity contribution in [1.82, 2.24) is 5.32 Å². The number of hydrogen-bond acceptors (Lipinski definition) is 4. The van der Waals surface area contributed by atoms with Gasteiger partial charge < -0.3 is 19.7 Å². The van der Waals surface area contributed by atoms with Crippen LogP contribution in [0.5, 0.6) is 11.5 Å². The van der Waals surface area contributed by atoms with Crippen LogP contribution in [0.15, 0.2) is 42.5 Å². The maximum absolute atomic E-state index is 12.5. The zero-order valence-corrected chi connectivity index (χ0v) is 16.9. The number of hydrogen-bond donors (Lipinski definition) is 1. The predicted octanol–water partition coefficient (Wildman–Crippen LogP) is 4.12. The van der Waals surface area contributed by atoms with E-state index in [4.69, 9.17) is 9.47 Å². The zero-order chi connectivity index (χ0) is 19.8. The van der Waals surface area contributed by atoms with Gasteiger partial charge in [-0.15, -0.1) is 0 Å². The Labute approximate surface area is 162 Å². The highest BCUT2D eigenvalue weighted by atomic mass is 16.5. The average Bonchev–Trinajstić information content (AvgIpc) is 2.65. The van der Waals surface area contributed by atoms with E-state index in [9.17, 15) is 4.79 Å². The molecule has 0 heterocycles. The summed E-state index contributed by atoms with van der Waals surface area (Å²) < 4.78 is 11.4. The lowest BCUT2D eigenvalue weighted by molar-refractivity contribution is 0.0950. The van der Waals surface area contributed by atoms with Crippen LogP contribution in [0, 0.1) is 5.92 Å². The molecule has 0 radical (unpaired) electrons. The van der Waals surface area contributed by atoms with Crippen molar-refractivity contribution in [2.24, 2.45) is 5.92 Å². The highest BCUT2D eigenvalue weighted by molar-refractivity contribution is 5.94. The fourth-order valence-electron chi connectivity index (χ4n) is 2.49. The van der Waals surface area contributed by atoms with E-state index < -0.39 is 0 Å². The monoisotopic (exact) mass is 370 g/mol. The number of carbonyl (C=O) groups excluding carboxylic acids is 1. The summed E-state index contributed by atoms with van der Waals surface area (Å²) >= 11 is 0. The van der Waals surface area contributed by atoms with Crippen LogP contribution in [0.2, 0.25) is 0 Å². The van der Waals surface area contributed by atoms with Crippen molar-refractivity contribution in [3.8, 4) is 11.5 Å². The molecule has 1 N–H and O–H groups in total. The van der Waals surface area contributed by atoms with Gasteiger partial charge in [0.25, 0.3) is 5.91 Å². The summed E-state index contributed by atoms with van der Waals surface area (Å²) in [6.45, 7) is 7.69. The van der Waals surface area contributed by atoms with Gasteiger partial charge in [0.15, 0.2) is 11.5 Å². The molecule has 0 aliphatic rings. The number of ether oxygens (including phenoxy) is 2. The third-order valence-electron chi connectivity index (χ3n) is 3.98. The number of carbonyl (C=O) groups is 1. The lowest BCUT2D eigenvalue weighted by Crippen LogP contribution is -2.23. The van der Waals surface area contributed by atoms with Crippen LogP contribution in [-0.4, -0.2) is 33.2 Å². The Hall–Kier alpha value is -2.69. The Morgan fingerprint density at radius 3 is 2.33 bits per heavy atom. The second kappa shape index (κ2) is 9.86. The first-order valence-corrected chi connectivity index (χ1v) is 9.34. The first kappa shape index (κ1) is 20.6. The molecule has 2 aromatic carbocycles. The Bertz CT molecular complexity index is 740. The van der Waals surface area contributed by atoms with Gasteiger partial charge in [-0.25, -0.2) is 0 Å². The Morgan fingerprint density at radius 2 is 1.74 bits per heavy atom. The van der Waals surface area contributed by atoms with Crippen LogP contribution in [-0.2, 0) is 6.54 Å². The maximum Gasteiger partial charge on any atom is 0.251 e. The zero-order valence-electron chi connectivity index (χ0n) is 16.9. The topological polar surface area (TPSA) is 50.8 Å². The Kier molecular flexibility index (Phi) is 7.53. The highest BCUT2D eigenvalue weighted by Gasteiger charge is 2.12. The van der Waals surface area contributed by atoms with Crippen molar-refractivity contribution in [3.05, 3.63) is 53.6 Å². The number of rotatable bonds is 9. The van der Waals surface area contributed by atoms with Crippen molar-refractivity contribution in [2.45, 2.75) is 27.3 Å². The molecular formula is C22H30N2O3. The molecule has 0 aromatic heterocycles. The van der Waals surface area contributed by atoms with Crippen molar-refractivity contribution in [3.63, 3.8) is 0 Å². The number of amides is 1. The van der Waals surface area contributed by atoms with Gasteiger partial charge in [-0.05, 0) is 48.7 Å². The minimum Gasteiger partial charge on any atom is -0.490 e. The molecule has 0 spiro atoms. The molecule has 0 aliphatic heterocycles. The summed E-state index contributed by atoms with van der Waals surface area (Å²) in [5.41, 5.74) is 2.74. The van der Waals surface area contributed by atoms with E-state index in [1.54, 1.807) is 18.2 Å². The van der Waals surface area contributed by atoms with Crippen molar-refractivity contribution in [1.29, 1.82) is 0 Å². The smallest absolute Gasteiger partial charge is 0.251 e. The Balaban J connectivity index is 2.03. The first-order valence-electron chi connectivity index (χ1n) is 9.34. The van der Waals surface area contributed by atoms with Gasteiger partial charge in [0.1, 0.15) is 0 Å². The summed E-state index contributed by atoms with van der Waals surface area (Å²) in [6.07, 6.45) is 0. The van der Waals surface area contributed by atoms with E-state index in [0.717, 1.165) is 11.3 Å². The van der Waals surface area contributed by atoms with Gasteiger partial charge in [0.05, 0.1) is 13.2 Å². The molecule has 27 heavy (non-hydrogen) atoms. The molecule has 0 saturated heterocycles. The fourth-order valence-corrected chi connectivity index (χ4v) is 2.49. The number of benzene rings is 2. The van der Waals surface area contributed by atoms with Crippen molar-refractivity contribution < 1.29 is 14.3 Å². The normalized spacial score (nSPS) is 10.6. The molecule has 146 valence electrons. The molecule has 0 fully saturated rings. The minimum absolute atomic E-state index is 0.136. The van der Waals surface area contributed by atoms with Crippen molar-refractivity contribution >= 4 is 11.6 Å². The third-order valence-corrected chi connectivity index (χ3v) is 3.98. The largest absolute Gasteiger partial charge is 0.490 e. The van der Waals surface area contributed by atoms with Gasteiger partial charge in [-0.1, -0.05) is 26.0 Å². The van der Waals surface area contributed by atoms with Gasteiger partial charge in [-0.2, -0.15) is 0 Å². The van der Waals surface area contributed by atoms with Gasteiger partial charge in [0.2, 0.25) is 0 Å². The molecule has 5 nitrogen and oxygen atoms in total. The third kappa shape index (κ3) is 6.20. The molecule has 0 saturated carbocycles. The van der Waals surface area contributed by atoms with E-state index >= 15 is 0 Å². The van der Waals surface area contributed by atoms with Crippen LogP contribution in [0.3, 0.4) is 0 Å². The number of nitrogens with zero attached hydrogens (tertiary/aromatic N) is 1. The molecule has 2 rings (SSSR count). The molecule has 0 unspecified atom stereocenters. The lowest BCUT2D eigenvalue weighted by atomic mass is 10.1. The summed E-state index contributed by atoms with van der Waals surface area (Å²) in [5.74, 6) is 1.55. The highest BCUT2D eigenvalue weighted by Crippen LogP contribution is 2.29. The van der Waals surface area contributed by atoms with Crippen LogP contribution in [0.1, 0.15) is 36.7 Å². The van der Waals surface area contributed by atoms with Crippen LogP contribution < -0.4 is 19.7 Å². The van der Waals surface area contributed by atoms with E-state index in [0.29, 0.717) is 42.7 Å². The summed E-state index contributed by atoms with van der Waals surface area (Å²) in [6, 6.07) is 13.4. The van der Waals surface area contributed by atoms with Gasteiger partial charge in [0, 0.05) is 31.9 Å². The molecule has 0 bridgehead atoms. The molecule has 2 aromatic rings. The second-order valence-electron chi connectivity index (χ2n) is 7.04. The van der Waals surface area contributed by atoms with Crippen LogP contribution >= 0.6 is 0 Å². The van der Waals surface area contributed by atoms with E-state index in [1.807, 2.05) is 50.2 Å². The SMILES string of the molecule is CCOc1cc(C(=O)NCc2ccc(N(C)C)cc2)ccc1OCC(C)C. The summed E-state index contributed by atoms with van der Waals surface area (Å²) in [4.78, 5) is 14.6. The van der Waals surface area contributed by atoms with Crippen LogP contribution in [0.25, 0.3) is 0 Å². The molecule has 5 heteroatoms. The van der Waals surface area contributed by atoms with E-state index in [-0.39, 0.29) is 5.91 Å². The lowest BCUT2D eigenvalue weighted by Gasteiger charge is -2.15. The minimum atomic E-state index is -0.136. The number of anilines is 1. The average molecular weight is 370 g/mol. The predicted molar refractivity (Wildman–Crippen MR) is 110 cm³/mol. The molecule has 1 amide bonds. The quantitative estimate of drug-likeness (QED) is 0.721. The fraction of sp³-hybridized carbons (Fsp3) is 0.409. The maximum atomic E-state index is 12.5. The molecule has 0 atom stereocenters. The van der Waals surface area contributed by atoms with Crippen LogP contribution in [0.4, 0.5) is 5.69 Å². The molecule has 0 aliphatic carbocycles. The van der Waals surface area contributed by atoms with E-state index in [2.05, 4.69) is 19.2 Å². The van der Waals surface area contributed by atoms with Gasteiger partial charge >= 0.3 is 0 Å². The number of nitrogens with one attached hydrogen (secondary N) is 1. The summed E-state index contributed by atoms with van der Waals surface area (Å²) in [7, 11) is 4.00. The Morgan fingerprint density at radius 1 is 1.04 bits per heavy atom. The second-order valence-corrected chi connectivity index (χ2v) is 7.04. The van der Waals surface area contributed by atoms with E-state index in [1.165, 1.54) is 0 Å². The van der Waals surface area contributed by atoms with Crippen molar-refractivity contribution in [2.75, 3.05) is 32.2 Å². The first-order chi connectivity index (χ1) is 12.9. The summed E-state index contributed by atoms with van der Waals surface area (Å²) in [5, 5.41) is 2.95. The standard InChI is InChI=1S/C22H30N2O3/c1-6-26-21-13-18(9-12-20(21)27-15-16(2)3)22(25)23-14-17-7-10-19(11-8-17)24(4)5/h7-13,16H,6,14-15H2,1-5H3,(H,23,25).